The lowest BCUT2D eigenvalue weighted by molar-refractivity contribution is 0.607. The van der Waals surface area contributed by atoms with E-state index in [2.05, 4.69) is 159 Å². The van der Waals surface area contributed by atoms with Crippen molar-refractivity contribution in [3.8, 4) is 22.3 Å². The standard InChI is InChI=1S/C50H58/c1-3-5-7-9-11-13-15-41-17-21-43(22-18-41)25-27-45-29-33-47(34-30-45)49-37-39-50(40-38-49)48-35-31-46(32-36-48)28-26-44-23-19-42(20-24-44)16-14-12-10-8-6-4-2/h17-40H,3-16H2,1-2H3/b27-25+,28-26+. The van der Waals surface area contributed by atoms with Gasteiger partial charge in [-0.25, -0.2) is 0 Å². The fourth-order valence-electron chi connectivity index (χ4n) is 6.62. The molecule has 5 rings (SSSR count). The molecule has 0 saturated heterocycles. The summed E-state index contributed by atoms with van der Waals surface area (Å²) in [5.41, 5.74) is 12.8. The number of hydrogen-bond donors (Lipinski definition) is 0. The van der Waals surface area contributed by atoms with Crippen molar-refractivity contribution in [2.75, 3.05) is 0 Å². The molecular weight excluding hydrogens is 601 g/mol. The van der Waals surface area contributed by atoms with E-state index in [1.807, 2.05) is 0 Å². The lowest BCUT2D eigenvalue weighted by Gasteiger charge is -2.06. The summed E-state index contributed by atoms with van der Waals surface area (Å²) in [6, 6.07) is 44.9. The fraction of sp³-hybridized carbons (Fsp3) is 0.320. The second-order valence-corrected chi connectivity index (χ2v) is 14.0. The summed E-state index contributed by atoms with van der Waals surface area (Å²) in [4.78, 5) is 0. The van der Waals surface area contributed by atoms with Gasteiger partial charge in [0.25, 0.3) is 0 Å². The summed E-state index contributed by atoms with van der Waals surface area (Å²) >= 11 is 0. The van der Waals surface area contributed by atoms with Crippen molar-refractivity contribution in [3.63, 3.8) is 0 Å². The third kappa shape index (κ3) is 12.5. The molecule has 0 fully saturated rings. The zero-order valence-corrected chi connectivity index (χ0v) is 30.8. The first-order valence-electron chi connectivity index (χ1n) is 19.5. The Balaban J connectivity index is 1.07. The second kappa shape index (κ2) is 20.9. The van der Waals surface area contributed by atoms with Gasteiger partial charge in [0.05, 0.1) is 0 Å². The van der Waals surface area contributed by atoms with Crippen LogP contribution in [-0.4, -0.2) is 0 Å². The van der Waals surface area contributed by atoms with E-state index >= 15 is 0 Å². The van der Waals surface area contributed by atoms with E-state index in [4.69, 9.17) is 0 Å². The maximum absolute atomic E-state index is 2.29. The second-order valence-electron chi connectivity index (χ2n) is 14.0. The Morgan fingerprint density at radius 2 is 0.520 bits per heavy atom. The largest absolute Gasteiger partial charge is 0.0654 e. The molecular formula is C50H58. The van der Waals surface area contributed by atoms with Crippen LogP contribution in [0.4, 0.5) is 0 Å². The Bertz CT molecular complexity index is 1570. The highest BCUT2D eigenvalue weighted by Crippen LogP contribution is 2.26. The van der Waals surface area contributed by atoms with Crippen molar-refractivity contribution >= 4 is 24.3 Å². The van der Waals surface area contributed by atoms with Crippen LogP contribution in [0, 0.1) is 0 Å². The lowest BCUT2D eigenvalue weighted by Crippen LogP contribution is -1.86. The molecule has 0 spiro atoms. The van der Waals surface area contributed by atoms with Crippen LogP contribution in [0.1, 0.15) is 124 Å². The molecule has 5 aromatic carbocycles. The molecule has 0 N–H and O–H groups in total. The van der Waals surface area contributed by atoms with Crippen LogP contribution in [0.25, 0.3) is 46.6 Å². The predicted octanol–water partition coefficient (Wildman–Crippen LogP) is 15.2. The van der Waals surface area contributed by atoms with Crippen LogP contribution in [0.2, 0.25) is 0 Å². The maximum Gasteiger partial charge on any atom is -0.0184 e. The first-order chi connectivity index (χ1) is 24.7. The summed E-state index contributed by atoms with van der Waals surface area (Å²) in [6.45, 7) is 4.56. The molecule has 258 valence electrons. The van der Waals surface area contributed by atoms with Crippen LogP contribution in [0.5, 0.6) is 0 Å². The smallest absolute Gasteiger partial charge is 0.0184 e. The van der Waals surface area contributed by atoms with Gasteiger partial charge in [-0.3, -0.25) is 0 Å². The maximum atomic E-state index is 2.29. The van der Waals surface area contributed by atoms with Gasteiger partial charge in [-0.2, -0.15) is 0 Å². The highest BCUT2D eigenvalue weighted by molar-refractivity contribution is 5.75. The molecule has 0 aliphatic heterocycles. The minimum atomic E-state index is 1.19. The van der Waals surface area contributed by atoms with Gasteiger partial charge in [-0.15, -0.1) is 0 Å². The zero-order chi connectivity index (χ0) is 34.6. The van der Waals surface area contributed by atoms with Gasteiger partial charge in [-0.1, -0.05) is 224 Å². The van der Waals surface area contributed by atoms with E-state index in [1.165, 1.54) is 146 Å². The van der Waals surface area contributed by atoms with E-state index in [0.29, 0.717) is 0 Å². The molecule has 5 aromatic rings. The number of aryl methyl sites for hydroxylation is 2. The van der Waals surface area contributed by atoms with E-state index in [0.717, 1.165) is 0 Å². The zero-order valence-electron chi connectivity index (χ0n) is 30.8. The normalized spacial score (nSPS) is 11.6. The molecule has 50 heavy (non-hydrogen) atoms. The van der Waals surface area contributed by atoms with E-state index in [1.54, 1.807) is 0 Å². The lowest BCUT2D eigenvalue weighted by atomic mass is 9.98. The van der Waals surface area contributed by atoms with Gasteiger partial charge in [0, 0.05) is 0 Å². The number of benzene rings is 5. The van der Waals surface area contributed by atoms with Crippen molar-refractivity contribution in [2.45, 2.75) is 104 Å². The summed E-state index contributed by atoms with van der Waals surface area (Å²) in [7, 11) is 0. The topological polar surface area (TPSA) is 0 Å². The first kappa shape index (κ1) is 36.9. The molecule has 0 saturated carbocycles. The van der Waals surface area contributed by atoms with E-state index in [-0.39, 0.29) is 0 Å². The molecule has 0 bridgehead atoms. The Hall–Kier alpha value is -4.42. The molecule has 0 aliphatic rings. The monoisotopic (exact) mass is 658 g/mol. The van der Waals surface area contributed by atoms with Crippen molar-refractivity contribution in [1.82, 2.24) is 0 Å². The van der Waals surface area contributed by atoms with Crippen LogP contribution in [-0.2, 0) is 12.8 Å². The third-order valence-corrected chi connectivity index (χ3v) is 9.91. The van der Waals surface area contributed by atoms with Crippen LogP contribution >= 0.6 is 0 Å². The highest BCUT2D eigenvalue weighted by Gasteiger charge is 2.02. The van der Waals surface area contributed by atoms with Crippen molar-refractivity contribution in [2.24, 2.45) is 0 Å². The minimum Gasteiger partial charge on any atom is -0.0654 e. The molecule has 0 heterocycles. The van der Waals surface area contributed by atoms with Gasteiger partial charge in [0.2, 0.25) is 0 Å². The van der Waals surface area contributed by atoms with E-state index < -0.39 is 0 Å². The van der Waals surface area contributed by atoms with Crippen LogP contribution in [0.3, 0.4) is 0 Å². The first-order valence-corrected chi connectivity index (χ1v) is 19.5. The molecule has 0 atom stereocenters. The highest BCUT2D eigenvalue weighted by atomic mass is 14.1. The SMILES string of the molecule is CCCCCCCCc1ccc(/C=C/c2ccc(-c3ccc(-c4ccc(/C=C/c5ccc(CCCCCCCC)cc5)cc4)cc3)cc2)cc1. The van der Waals surface area contributed by atoms with Crippen LogP contribution in [0.15, 0.2) is 121 Å². The molecule has 0 unspecified atom stereocenters. The Morgan fingerprint density at radius 1 is 0.280 bits per heavy atom. The average molecular weight is 659 g/mol. The van der Waals surface area contributed by atoms with Gasteiger partial charge in [0.15, 0.2) is 0 Å². The average Bonchev–Trinajstić information content (AvgIpc) is 3.17. The van der Waals surface area contributed by atoms with E-state index in [9.17, 15) is 0 Å². The molecule has 0 amide bonds. The predicted molar refractivity (Wildman–Crippen MR) is 222 cm³/mol. The third-order valence-electron chi connectivity index (χ3n) is 9.91. The quantitative estimate of drug-likeness (QED) is 0.0577. The van der Waals surface area contributed by atoms with Gasteiger partial charge >= 0.3 is 0 Å². The van der Waals surface area contributed by atoms with Crippen LogP contribution < -0.4 is 0 Å². The van der Waals surface area contributed by atoms with Crippen molar-refractivity contribution in [1.29, 1.82) is 0 Å². The summed E-state index contributed by atoms with van der Waals surface area (Å²) in [5.74, 6) is 0. The summed E-state index contributed by atoms with van der Waals surface area (Å²) < 4.78 is 0. The minimum absolute atomic E-state index is 1.19. The van der Waals surface area contributed by atoms with Crippen molar-refractivity contribution < 1.29 is 0 Å². The summed E-state index contributed by atoms with van der Waals surface area (Å²) in [6.07, 6.45) is 27.5. The molecule has 0 aliphatic carbocycles. The Morgan fingerprint density at radius 3 is 0.820 bits per heavy atom. The molecule has 0 nitrogen and oxygen atoms in total. The van der Waals surface area contributed by atoms with Gasteiger partial charge in [0.1, 0.15) is 0 Å². The molecule has 0 aromatic heterocycles. The van der Waals surface area contributed by atoms with Crippen molar-refractivity contribution in [3.05, 3.63) is 155 Å². The molecule has 0 radical (unpaired) electrons. The number of rotatable bonds is 20. The number of hydrogen-bond acceptors (Lipinski definition) is 0. The Labute approximate surface area is 304 Å². The number of unbranched alkanes of at least 4 members (excludes halogenated alkanes) is 10. The van der Waals surface area contributed by atoms with Gasteiger partial charge < -0.3 is 0 Å². The Kier molecular flexibility index (Phi) is 15.4. The summed E-state index contributed by atoms with van der Waals surface area (Å²) in [5, 5.41) is 0. The molecule has 0 heteroatoms. The van der Waals surface area contributed by atoms with Gasteiger partial charge in [-0.05, 0) is 81.3 Å². The fourth-order valence-corrected chi connectivity index (χ4v) is 6.62.